The zero-order valence-corrected chi connectivity index (χ0v) is 9.88. The molecular weight excluding hydrogens is 174 g/mol. The standard InChI is InChI=1S/C12H25NO/c1-4-5-6-7-8-14-11-9-10(13)12(11,2)3/h10-11H,4-9,13H2,1-3H3. The molecule has 1 aliphatic carbocycles. The first-order valence-corrected chi connectivity index (χ1v) is 5.96. The monoisotopic (exact) mass is 199 g/mol. The lowest BCUT2D eigenvalue weighted by Gasteiger charge is -2.49. The third kappa shape index (κ3) is 2.71. The van der Waals surface area contributed by atoms with Crippen molar-refractivity contribution in [2.45, 2.75) is 65.0 Å². The van der Waals surface area contributed by atoms with Crippen molar-refractivity contribution in [3.05, 3.63) is 0 Å². The van der Waals surface area contributed by atoms with Gasteiger partial charge in [-0.25, -0.2) is 0 Å². The van der Waals surface area contributed by atoms with Gasteiger partial charge in [0.05, 0.1) is 6.10 Å². The maximum atomic E-state index is 5.92. The van der Waals surface area contributed by atoms with Gasteiger partial charge in [-0.2, -0.15) is 0 Å². The van der Waals surface area contributed by atoms with E-state index in [-0.39, 0.29) is 5.41 Å². The first-order valence-electron chi connectivity index (χ1n) is 5.96. The smallest absolute Gasteiger partial charge is 0.0655 e. The predicted octanol–water partition coefficient (Wildman–Crippen LogP) is 2.71. The first-order chi connectivity index (χ1) is 6.59. The molecule has 0 heterocycles. The molecule has 1 fully saturated rings. The molecule has 2 heteroatoms. The van der Waals surface area contributed by atoms with Gasteiger partial charge in [0.2, 0.25) is 0 Å². The van der Waals surface area contributed by atoms with Crippen LogP contribution < -0.4 is 5.73 Å². The highest BCUT2D eigenvalue weighted by molar-refractivity contribution is 5.00. The van der Waals surface area contributed by atoms with E-state index in [9.17, 15) is 0 Å². The molecule has 0 bridgehead atoms. The van der Waals surface area contributed by atoms with Gasteiger partial charge in [-0.15, -0.1) is 0 Å². The van der Waals surface area contributed by atoms with Crippen LogP contribution in [0.1, 0.15) is 52.9 Å². The summed E-state index contributed by atoms with van der Waals surface area (Å²) >= 11 is 0. The van der Waals surface area contributed by atoms with Crippen molar-refractivity contribution in [1.82, 2.24) is 0 Å². The summed E-state index contributed by atoms with van der Waals surface area (Å²) in [5, 5.41) is 0. The van der Waals surface area contributed by atoms with Gasteiger partial charge in [0, 0.05) is 18.1 Å². The molecule has 0 aromatic rings. The van der Waals surface area contributed by atoms with E-state index in [1.165, 1.54) is 25.7 Å². The molecule has 2 N–H and O–H groups in total. The Bertz CT molecular complexity index is 168. The van der Waals surface area contributed by atoms with E-state index in [0.717, 1.165) is 13.0 Å². The van der Waals surface area contributed by atoms with Crippen LogP contribution in [0.25, 0.3) is 0 Å². The Hall–Kier alpha value is -0.0800. The first kappa shape index (κ1) is 12.0. The lowest BCUT2D eigenvalue weighted by atomic mass is 9.65. The molecule has 0 spiro atoms. The minimum absolute atomic E-state index is 0.199. The van der Waals surface area contributed by atoms with Gasteiger partial charge < -0.3 is 10.5 Å². The van der Waals surface area contributed by atoms with E-state index in [4.69, 9.17) is 10.5 Å². The van der Waals surface area contributed by atoms with E-state index < -0.39 is 0 Å². The number of hydrogen-bond donors (Lipinski definition) is 1. The highest BCUT2D eigenvalue weighted by Gasteiger charge is 2.46. The van der Waals surface area contributed by atoms with Gasteiger partial charge in [0.15, 0.2) is 0 Å². The number of nitrogens with two attached hydrogens (primary N) is 1. The fourth-order valence-corrected chi connectivity index (χ4v) is 1.95. The molecule has 84 valence electrons. The Morgan fingerprint density at radius 1 is 1.29 bits per heavy atom. The van der Waals surface area contributed by atoms with Crippen LogP contribution in [-0.4, -0.2) is 18.8 Å². The molecule has 0 aliphatic heterocycles. The Morgan fingerprint density at radius 2 is 2.00 bits per heavy atom. The second-order valence-corrected chi connectivity index (χ2v) is 5.08. The molecule has 2 unspecified atom stereocenters. The van der Waals surface area contributed by atoms with Crippen LogP contribution in [0.3, 0.4) is 0 Å². The molecule has 1 saturated carbocycles. The van der Waals surface area contributed by atoms with Crippen LogP contribution >= 0.6 is 0 Å². The van der Waals surface area contributed by atoms with E-state index in [0.29, 0.717) is 12.1 Å². The third-order valence-electron chi connectivity index (χ3n) is 3.57. The SMILES string of the molecule is CCCCCCOC1CC(N)C1(C)C. The molecule has 0 saturated heterocycles. The maximum Gasteiger partial charge on any atom is 0.0655 e. The van der Waals surface area contributed by atoms with Crippen molar-refractivity contribution in [2.75, 3.05) is 6.61 Å². The molecule has 0 aromatic heterocycles. The maximum absolute atomic E-state index is 5.92. The van der Waals surface area contributed by atoms with Crippen LogP contribution in [0.5, 0.6) is 0 Å². The summed E-state index contributed by atoms with van der Waals surface area (Å²) in [5.41, 5.74) is 6.12. The third-order valence-corrected chi connectivity index (χ3v) is 3.57. The van der Waals surface area contributed by atoms with E-state index in [1.54, 1.807) is 0 Å². The summed E-state index contributed by atoms with van der Waals surface area (Å²) in [6.45, 7) is 7.56. The van der Waals surface area contributed by atoms with Crippen molar-refractivity contribution in [3.63, 3.8) is 0 Å². The molecule has 0 amide bonds. The lowest BCUT2D eigenvalue weighted by molar-refractivity contribution is -0.108. The number of rotatable bonds is 6. The molecule has 0 radical (unpaired) electrons. The van der Waals surface area contributed by atoms with E-state index in [2.05, 4.69) is 20.8 Å². The molecule has 1 rings (SSSR count). The number of ether oxygens (including phenoxy) is 1. The summed E-state index contributed by atoms with van der Waals surface area (Å²) < 4.78 is 5.83. The summed E-state index contributed by atoms with van der Waals surface area (Å²) in [7, 11) is 0. The average Bonchev–Trinajstić information content (AvgIpc) is 2.16. The second-order valence-electron chi connectivity index (χ2n) is 5.08. The summed E-state index contributed by atoms with van der Waals surface area (Å²) in [5.74, 6) is 0. The molecule has 2 atom stereocenters. The molecule has 0 aromatic carbocycles. The minimum Gasteiger partial charge on any atom is -0.378 e. The van der Waals surface area contributed by atoms with Gasteiger partial charge in [-0.1, -0.05) is 40.0 Å². The van der Waals surface area contributed by atoms with Crippen LogP contribution in [0.2, 0.25) is 0 Å². The van der Waals surface area contributed by atoms with Gasteiger partial charge in [-0.3, -0.25) is 0 Å². The molecular formula is C12H25NO. The lowest BCUT2D eigenvalue weighted by Crippen LogP contribution is -2.59. The number of hydrogen-bond acceptors (Lipinski definition) is 2. The Balaban J connectivity index is 2.03. The highest BCUT2D eigenvalue weighted by Crippen LogP contribution is 2.41. The van der Waals surface area contributed by atoms with Crippen LogP contribution in [0, 0.1) is 5.41 Å². The Morgan fingerprint density at radius 3 is 2.50 bits per heavy atom. The molecule has 1 aliphatic rings. The van der Waals surface area contributed by atoms with Gasteiger partial charge in [0.1, 0.15) is 0 Å². The molecule has 14 heavy (non-hydrogen) atoms. The summed E-state index contributed by atoms with van der Waals surface area (Å²) in [6, 6.07) is 0.336. The summed E-state index contributed by atoms with van der Waals surface area (Å²) in [6.07, 6.45) is 6.57. The van der Waals surface area contributed by atoms with Crippen molar-refractivity contribution >= 4 is 0 Å². The van der Waals surface area contributed by atoms with Crippen LogP contribution in [0.15, 0.2) is 0 Å². The quantitative estimate of drug-likeness (QED) is 0.668. The Kier molecular flexibility index (Phi) is 4.39. The fraction of sp³-hybridized carbons (Fsp3) is 1.00. The van der Waals surface area contributed by atoms with Gasteiger partial charge in [-0.05, 0) is 12.8 Å². The topological polar surface area (TPSA) is 35.2 Å². The molecule has 2 nitrogen and oxygen atoms in total. The fourth-order valence-electron chi connectivity index (χ4n) is 1.95. The zero-order valence-electron chi connectivity index (χ0n) is 9.88. The van der Waals surface area contributed by atoms with E-state index >= 15 is 0 Å². The van der Waals surface area contributed by atoms with Crippen molar-refractivity contribution in [2.24, 2.45) is 11.1 Å². The summed E-state index contributed by atoms with van der Waals surface area (Å²) in [4.78, 5) is 0. The van der Waals surface area contributed by atoms with Crippen LogP contribution in [0.4, 0.5) is 0 Å². The average molecular weight is 199 g/mol. The largest absolute Gasteiger partial charge is 0.378 e. The zero-order chi connectivity index (χ0) is 10.6. The van der Waals surface area contributed by atoms with Crippen LogP contribution in [-0.2, 0) is 4.74 Å². The van der Waals surface area contributed by atoms with E-state index in [1.807, 2.05) is 0 Å². The number of unbranched alkanes of at least 4 members (excludes halogenated alkanes) is 3. The Labute approximate surface area is 88.2 Å². The van der Waals surface area contributed by atoms with Crippen molar-refractivity contribution < 1.29 is 4.74 Å². The van der Waals surface area contributed by atoms with Gasteiger partial charge >= 0.3 is 0 Å². The van der Waals surface area contributed by atoms with Crippen molar-refractivity contribution in [1.29, 1.82) is 0 Å². The van der Waals surface area contributed by atoms with Gasteiger partial charge in [0.25, 0.3) is 0 Å². The minimum atomic E-state index is 0.199. The predicted molar refractivity (Wildman–Crippen MR) is 60.3 cm³/mol. The second kappa shape index (κ2) is 5.13. The highest BCUT2D eigenvalue weighted by atomic mass is 16.5. The van der Waals surface area contributed by atoms with Crippen molar-refractivity contribution in [3.8, 4) is 0 Å². The normalized spacial score (nSPS) is 30.0.